The quantitative estimate of drug-likeness (QED) is 0.891. The molecule has 0 amide bonds. The molecule has 0 atom stereocenters. The average Bonchev–Trinajstić information content (AvgIpc) is 2.76. The predicted molar refractivity (Wildman–Crippen MR) is 74.8 cm³/mol. The number of H-pyrrole nitrogens is 1. The summed E-state index contributed by atoms with van der Waals surface area (Å²) in [7, 11) is -3.71. The van der Waals surface area contributed by atoms with Gasteiger partial charge in [0.15, 0.2) is 5.82 Å². The molecule has 0 radical (unpaired) electrons. The van der Waals surface area contributed by atoms with Gasteiger partial charge in [0, 0.05) is 11.8 Å². The van der Waals surface area contributed by atoms with Gasteiger partial charge in [-0.3, -0.25) is 9.82 Å². The monoisotopic (exact) mass is 299 g/mol. The van der Waals surface area contributed by atoms with Crippen molar-refractivity contribution < 1.29 is 8.42 Å². The van der Waals surface area contributed by atoms with E-state index in [4.69, 9.17) is 11.6 Å². The summed E-state index contributed by atoms with van der Waals surface area (Å²) in [4.78, 5) is 0.0386. The summed E-state index contributed by atoms with van der Waals surface area (Å²) in [5.41, 5.74) is 0.888. The molecule has 19 heavy (non-hydrogen) atoms. The summed E-state index contributed by atoms with van der Waals surface area (Å²) in [6, 6.07) is 7.95. The summed E-state index contributed by atoms with van der Waals surface area (Å²) in [5.74, 6) is 0.267. The van der Waals surface area contributed by atoms with E-state index in [0.717, 1.165) is 18.5 Å². The molecular formula is C12H14ClN3O2S. The SMILES string of the molecule is CCCc1cc(NS(=O)(=O)c2ccccc2Cl)n[nH]1. The second-order valence-corrected chi connectivity index (χ2v) is 6.12. The number of hydrogen-bond donors (Lipinski definition) is 2. The smallest absolute Gasteiger partial charge is 0.264 e. The van der Waals surface area contributed by atoms with Gasteiger partial charge in [0.25, 0.3) is 10.0 Å². The first-order valence-corrected chi connectivity index (χ1v) is 7.70. The van der Waals surface area contributed by atoms with E-state index in [2.05, 4.69) is 14.9 Å². The zero-order valence-corrected chi connectivity index (χ0v) is 11.9. The maximum Gasteiger partial charge on any atom is 0.264 e. The van der Waals surface area contributed by atoms with Crippen LogP contribution in [-0.2, 0) is 16.4 Å². The van der Waals surface area contributed by atoms with Crippen molar-refractivity contribution >= 4 is 27.4 Å². The standard InChI is InChI=1S/C12H14ClN3O2S/c1-2-5-9-8-12(15-14-9)16-19(17,18)11-7-4-3-6-10(11)13/h3-4,6-8H,2,5H2,1H3,(H2,14,15,16). The van der Waals surface area contributed by atoms with Crippen molar-refractivity contribution in [2.75, 3.05) is 4.72 Å². The van der Waals surface area contributed by atoms with Crippen LogP contribution in [-0.4, -0.2) is 18.6 Å². The van der Waals surface area contributed by atoms with Crippen LogP contribution < -0.4 is 4.72 Å². The van der Waals surface area contributed by atoms with Crippen LogP contribution in [0.15, 0.2) is 35.2 Å². The third-order valence-corrected chi connectivity index (χ3v) is 4.37. The second kappa shape index (κ2) is 5.63. The number of aryl methyl sites for hydroxylation is 1. The van der Waals surface area contributed by atoms with Crippen LogP contribution in [0.1, 0.15) is 19.0 Å². The third kappa shape index (κ3) is 3.27. The minimum Gasteiger partial charge on any atom is -0.280 e. The topological polar surface area (TPSA) is 74.8 Å². The molecule has 0 saturated carbocycles. The molecule has 2 N–H and O–H groups in total. The van der Waals surface area contributed by atoms with Gasteiger partial charge in [0.2, 0.25) is 0 Å². The lowest BCUT2D eigenvalue weighted by atomic mass is 10.2. The number of rotatable bonds is 5. The maximum absolute atomic E-state index is 12.1. The van der Waals surface area contributed by atoms with E-state index in [0.29, 0.717) is 0 Å². The normalized spacial score (nSPS) is 11.5. The lowest BCUT2D eigenvalue weighted by Gasteiger charge is -2.06. The molecule has 5 nitrogen and oxygen atoms in total. The van der Waals surface area contributed by atoms with Crippen molar-refractivity contribution in [1.29, 1.82) is 0 Å². The van der Waals surface area contributed by atoms with Crippen LogP contribution in [0.25, 0.3) is 0 Å². The van der Waals surface area contributed by atoms with Gasteiger partial charge in [-0.2, -0.15) is 5.10 Å². The Morgan fingerprint density at radius 2 is 2.11 bits per heavy atom. The van der Waals surface area contributed by atoms with E-state index in [9.17, 15) is 8.42 Å². The molecule has 1 aromatic carbocycles. The molecule has 0 aliphatic carbocycles. The lowest BCUT2D eigenvalue weighted by Crippen LogP contribution is -2.13. The highest BCUT2D eigenvalue weighted by Crippen LogP contribution is 2.22. The molecule has 0 aliphatic rings. The van der Waals surface area contributed by atoms with E-state index >= 15 is 0 Å². The Kier molecular flexibility index (Phi) is 4.11. The van der Waals surface area contributed by atoms with Crippen LogP contribution in [0.5, 0.6) is 0 Å². The van der Waals surface area contributed by atoms with Gasteiger partial charge in [-0.15, -0.1) is 0 Å². The number of anilines is 1. The highest BCUT2D eigenvalue weighted by molar-refractivity contribution is 7.92. The van der Waals surface area contributed by atoms with E-state index in [1.165, 1.54) is 12.1 Å². The summed E-state index contributed by atoms with van der Waals surface area (Å²) in [5, 5.41) is 6.88. The second-order valence-electron chi connectivity index (χ2n) is 4.06. The summed E-state index contributed by atoms with van der Waals surface area (Å²) in [6.07, 6.45) is 1.78. The number of sulfonamides is 1. The van der Waals surface area contributed by atoms with Crippen LogP contribution in [0.3, 0.4) is 0 Å². The molecule has 0 saturated heterocycles. The molecule has 7 heteroatoms. The predicted octanol–water partition coefficient (Wildman–Crippen LogP) is 2.82. The molecule has 102 valence electrons. The Hall–Kier alpha value is -1.53. The number of benzene rings is 1. The molecule has 1 aromatic heterocycles. The number of aromatic nitrogens is 2. The van der Waals surface area contributed by atoms with Crippen molar-refractivity contribution in [2.45, 2.75) is 24.7 Å². The maximum atomic E-state index is 12.1. The van der Waals surface area contributed by atoms with Crippen molar-refractivity contribution in [1.82, 2.24) is 10.2 Å². The number of hydrogen-bond acceptors (Lipinski definition) is 3. The molecule has 0 unspecified atom stereocenters. The van der Waals surface area contributed by atoms with Crippen molar-refractivity contribution in [3.05, 3.63) is 41.0 Å². The molecule has 0 fully saturated rings. The van der Waals surface area contributed by atoms with Gasteiger partial charge in [-0.25, -0.2) is 8.42 Å². The minimum atomic E-state index is -3.71. The fraction of sp³-hybridized carbons (Fsp3) is 0.250. The van der Waals surface area contributed by atoms with Crippen LogP contribution >= 0.6 is 11.6 Å². The Bertz CT molecular complexity index is 667. The summed E-state index contributed by atoms with van der Waals surface area (Å²) >= 11 is 5.88. The van der Waals surface area contributed by atoms with E-state index < -0.39 is 10.0 Å². The van der Waals surface area contributed by atoms with Gasteiger partial charge >= 0.3 is 0 Å². The number of aromatic amines is 1. The molecule has 0 spiro atoms. The van der Waals surface area contributed by atoms with Crippen LogP contribution in [0.4, 0.5) is 5.82 Å². The fourth-order valence-electron chi connectivity index (χ4n) is 1.67. The molecule has 2 aromatic rings. The Morgan fingerprint density at radius 3 is 2.79 bits per heavy atom. The summed E-state index contributed by atoms with van der Waals surface area (Å²) in [6.45, 7) is 2.04. The van der Waals surface area contributed by atoms with Gasteiger partial charge in [-0.05, 0) is 18.6 Å². The van der Waals surface area contributed by atoms with Gasteiger partial charge in [0.05, 0.1) is 5.02 Å². The molecule has 0 aliphatic heterocycles. The molecule has 1 heterocycles. The van der Waals surface area contributed by atoms with Gasteiger partial charge in [-0.1, -0.05) is 37.1 Å². The first-order chi connectivity index (χ1) is 9.03. The first kappa shape index (κ1) is 13.9. The van der Waals surface area contributed by atoms with Crippen molar-refractivity contribution in [3.8, 4) is 0 Å². The zero-order valence-electron chi connectivity index (χ0n) is 10.4. The molecule has 0 bridgehead atoms. The van der Waals surface area contributed by atoms with E-state index in [1.807, 2.05) is 6.92 Å². The Balaban J connectivity index is 2.24. The van der Waals surface area contributed by atoms with Crippen molar-refractivity contribution in [2.24, 2.45) is 0 Å². The zero-order chi connectivity index (χ0) is 13.9. The number of nitrogens with one attached hydrogen (secondary N) is 2. The van der Waals surface area contributed by atoms with Gasteiger partial charge < -0.3 is 0 Å². The lowest BCUT2D eigenvalue weighted by molar-refractivity contribution is 0.601. The minimum absolute atomic E-state index is 0.0386. The van der Waals surface area contributed by atoms with Crippen LogP contribution in [0.2, 0.25) is 5.02 Å². The fourth-order valence-corrected chi connectivity index (χ4v) is 3.18. The Morgan fingerprint density at radius 1 is 1.37 bits per heavy atom. The third-order valence-electron chi connectivity index (χ3n) is 2.52. The van der Waals surface area contributed by atoms with Crippen LogP contribution in [0, 0.1) is 0 Å². The highest BCUT2D eigenvalue weighted by atomic mass is 35.5. The van der Waals surface area contributed by atoms with Gasteiger partial charge in [0.1, 0.15) is 4.90 Å². The average molecular weight is 300 g/mol. The van der Waals surface area contributed by atoms with E-state index in [-0.39, 0.29) is 15.7 Å². The van der Waals surface area contributed by atoms with Crippen molar-refractivity contribution in [3.63, 3.8) is 0 Å². The Labute approximate surface area is 117 Å². The molecule has 2 rings (SSSR count). The van der Waals surface area contributed by atoms with E-state index in [1.54, 1.807) is 18.2 Å². The summed E-state index contributed by atoms with van der Waals surface area (Å²) < 4.78 is 26.7. The number of halogens is 1. The number of nitrogens with zero attached hydrogens (tertiary/aromatic N) is 1. The first-order valence-electron chi connectivity index (χ1n) is 5.84. The molecular weight excluding hydrogens is 286 g/mol. The highest BCUT2D eigenvalue weighted by Gasteiger charge is 2.18. The largest absolute Gasteiger partial charge is 0.280 e.